The van der Waals surface area contributed by atoms with Crippen LogP contribution in [0.5, 0.6) is 0 Å². The average Bonchev–Trinajstić information content (AvgIpc) is 2.35. The Balaban J connectivity index is 0.000000873. The number of alkyl halides is 2. The standard InChI is InChI=1S/C11H20N4.CH2Cl2/c12-5-1-9-4-8-15-11(3-7-14)10(9)2-6-13;2-1-3/h4,8H,1-3,5-7,12-14H2;1H2. The Hall–Kier alpha value is -0.390. The van der Waals surface area contributed by atoms with E-state index in [0.29, 0.717) is 19.6 Å². The molecule has 0 bridgehead atoms. The van der Waals surface area contributed by atoms with Gasteiger partial charge in [0.25, 0.3) is 0 Å². The Labute approximate surface area is 119 Å². The molecule has 6 N–H and O–H groups in total. The van der Waals surface area contributed by atoms with E-state index in [4.69, 9.17) is 40.4 Å². The predicted molar refractivity (Wildman–Crippen MR) is 79.1 cm³/mol. The summed E-state index contributed by atoms with van der Waals surface area (Å²) in [6.07, 6.45) is 4.39. The van der Waals surface area contributed by atoms with Gasteiger partial charge in [-0.1, -0.05) is 0 Å². The van der Waals surface area contributed by atoms with Crippen LogP contribution in [-0.2, 0) is 19.3 Å². The maximum absolute atomic E-state index is 5.60. The van der Waals surface area contributed by atoms with Gasteiger partial charge in [0.05, 0.1) is 5.34 Å². The van der Waals surface area contributed by atoms with Crippen molar-refractivity contribution >= 4 is 23.2 Å². The first-order valence-electron chi connectivity index (χ1n) is 5.92. The van der Waals surface area contributed by atoms with E-state index in [1.807, 2.05) is 12.3 Å². The minimum absolute atomic E-state index is 0.194. The molecule has 0 unspecified atom stereocenters. The zero-order valence-corrected chi connectivity index (χ0v) is 12.1. The molecule has 0 radical (unpaired) electrons. The summed E-state index contributed by atoms with van der Waals surface area (Å²) in [6.45, 7) is 1.92. The maximum Gasteiger partial charge on any atom is 0.0967 e. The Morgan fingerprint density at radius 3 is 2.00 bits per heavy atom. The van der Waals surface area contributed by atoms with E-state index in [0.717, 1.165) is 25.0 Å². The molecular weight excluding hydrogens is 271 g/mol. The molecule has 0 fully saturated rings. The number of aromatic nitrogens is 1. The Morgan fingerprint density at radius 2 is 1.50 bits per heavy atom. The van der Waals surface area contributed by atoms with Crippen LogP contribution in [-0.4, -0.2) is 30.0 Å². The van der Waals surface area contributed by atoms with Crippen molar-refractivity contribution in [3.63, 3.8) is 0 Å². The molecular formula is C12H22Cl2N4. The zero-order valence-electron chi connectivity index (χ0n) is 10.5. The lowest BCUT2D eigenvalue weighted by atomic mass is 9.99. The zero-order chi connectivity index (χ0) is 13.8. The molecule has 1 aromatic heterocycles. The van der Waals surface area contributed by atoms with Crippen molar-refractivity contribution in [3.8, 4) is 0 Å². The third-order valence-electron chi connectivity index (χ3n) is 2.43. The first-order valence-corrected chi connectivity index (χ1v) is 6.99. The summed E-state index contributed by atoms with van der Waals surface area (Å²) >= 11 is 9.53. The van der Waals surface area contributed by atoms with Crippen molar-refractivity contribution in [2.45, 2.75) is 19.3 Å². The van der Waals surface area contributed by atoms with Crippen LogP contribution in [0.2, 0.25) is 0 Å². The van der Waals surface area contributed by atoms with Gasteiger partial charge in [-0.25, -0.2) is 0 Å². The number of nitrogens with zero attached hydrogens (tertiary/aromatic N) is 1. The lowest BCUT2D eigenvalue weighted by molar-refractivity contribution is 0.837. The molecule has 4 nitrogen and oxygen atoms in total. The second-order valence-corrected chi connectivity index (χ2v) is 4.42. The van der Waals surface area contributed by atoms with Gasteiger partial charge in [0.15, 0.2) is 0 Å². The molecule has 0 spiro atoms. The number of nitrogens with two attached hydrogens (primary N) is 3. The van der Waals surface area contributed by atoms with Crippen molar-refractivity contribution in [2.24, 2.45) is 17.2 Å². The molecule has 0 saturated carbocycles. The Bertz CT molecular complexity index is 297. The topological polar surface area (TPSA) is 90.9 Å². The van der Waals surface area contributed by atoms with Gasteiger partial charge in [0, 0.05) is 18.3 Å². The largest absolute Gasteiger partial charge is 0.330 e. The fourth-order valence-corrected chi connectivity index (χ4v) is 1.77. The summed E-state index contributed by atoms with van der Waals surface area (Å²) in [6, 6.07) is 2.03. The van der Waals surface area contributed by atoms with E-state index in [2.05, 4.69) is 4.98 Å². The van der Waals surface area contributed by atoms with Gasteiger partial charge in [-0.2, -0.15) is 0 Å². The van der Waals surface area contributed by atoms with Gasteiger partial charge in [-0.15, -0.1) is 23.2 Å². The first-order chi connectivity index (χ1) is 8.74. The smallest absolute Gasteiger partial charge is 0.0967 e. The van der Waals surface area contributed by atoms with Crippen molar-refractivity contribution in [1.29, 1.82) is 0 Å². The summed E-state index contributed by atoms with van der Waals surface area (Å²) in [5, 5.41) is 0.194. The van der Waals surface area contributed by atoms with Crippen molar-refractivity contribution < 1.29 is 0 Å². The molecule has 6 heteroatoms. The van der Waals surface area contributed by atoms with Crippen LogP contribution in [0.1, 0.15) is 16.8 Å². The molecule has 1 heterocycles. The monoisotopic (exact) mass is 292 g/mol. The molecule has 0 amide bonds. The molecule has 0 saturated heterocycles. The number of rotatable bonds is 6. The van der Waals surface area contributed by atoms with E-state index in [9.17, 15) is 0 Å². The van der Waals surface area contributed by atoms with E-state index in [-0.39, 0.29) is 5.34 Å². The molecule has 0 aliphatic heterocycles. The summed E-state index contributed by atoms with van der Waals surface area (Å²) in [5.74, 6) is 0. The minimum Gasteiger partial charge on any atom is -0.330 e. The normalized spacial score (nSPS) is 9.83. The van der Waals surface area contributed by atoms with Crippen LogP contribution in [0.25, 0.3) is 0 Å². The van der Waals surface area contributed by atoms with Crippen LogP contribution in [0, 0.1) is 0 Å². The van der Waals surface area contributed by atoms with Gasteiger partial charge in [-0.3, -0.25) is 4.98 Å². The van der Waals surface area contributed by atoms with Crippen LogP contribution < -0.4 is 17.2 Å². The Kier molecular flexibility index (Phi) is 11.4. The summed E-state index contributed by atoms with van der Waals surface area (Å²) < 4.78 is 0. The van der Waals surface area contributed by atoms with E-state index in [1.54, 1.807) is 0 Å². The van der Waals surface area contributed by atoms with Crippen LogP contribution in [0.3, 0.4) is 0 Å². The molecule has 0 aliphatic rings. The van der Waals surface area contributed by atoms with E-state index in [1.165, 1.54) is 11.1 Å². The minimum atomic E-state index is 0.194. The number of hydrogen-bond donors (Lipinski definition) is 3. The molecule has 0 aromatic carbocycles. The van der Waals surface area contributed by atoms with Crippen LogP contribution in [0.4, 0.5) is 0 Å². The van der Waals surface area contributed by atoms with E-state index >= 15 is 0 Å². The second-order valence-electron chi connectivity index (χ2n) is 3.61. The molecule has 18 heavy (non-hydrogen) atoms. The van der Waals surface area contributed by atoms with Crippen molar-refractivity contribution in [1.82, 2.24) is 4.98 Å². The molecule has 0 aliphatic carbocycles. The number of hydrogen-bond acceptors (Lipinski definition) is 4. The highest BCUT2D eigenvalue weighted by Crippen LogP contribution is 2.14. The van der Waals surface area contributed by atoms with Gasteiger partial charge in [-0.05, 0) is 49.7 Å². The number of pyridine rings is 1. The van der Waals surface area contributed by atoms with Crippen LogP contribution >= 0.6 is 23.2 Å². The summed E-state index contributed by atoms with van der Waals surface area (Å²) in [5.41, 5.74) is 20.3. The fraction of sp³-hybridized carbons (Fsp3) is 0.583. The summed E-state index contributed by atoms with van der Waals surface area (Å²) in [4.78, 5) is 4.35. The Morgan fingerprint density at radius 1 is 0.944 bits per heavy atom. The second kappa shape index (κ2) is 11.7. The lowest BCUT2D eigenvalue weighted by Crippen LogP contribution is -2.14. The maximum atomic E-state index is 5.60. The highest BCUT2D eigenvalue weighted by molar-refractivity contribution is 6.40. The average molecular weight is 293 g/mol. The van der Waals surface area contributed by atoms with Gasteiger partial charge in [0.1, 0.15) is 0 Å². The SMILES string of the molecule is ClCCl.NCCc1ccnc(CCN)c1CCN. The third-order valence-corrected chi connectivity index (χ3v) is 2.43. The highest BCUT2D eigenvalue weighted by atomic mass is 35.5. The quantitative estimate of drug-likeness (QED) is 0.683. The fourth-order valence-electron chi connectivity index (χ4n) is 1.77. The molecule has 1 rings (SSSR count). The van der Waals surface area contributed by atoms with Gasteiger partial charge in [0.2, 0.25) is 0 Å². The van der Waals surface area contributed by atoms with Crippen molar-refractivity contribution in [2.75, 3.05) is 25.0 Å². The first kappa shape index (κ1) is 17.6. The highest BCUT2D eigenvalue weighted by Gasteiger charge is 2.07. The summed E-state index contributed by atoms with van der Waals surface area (Å²) in [7, 11) is 0. The number of halogens is 2. The van der Waals surface area contributed by atoms with E-state index < -0.39 is 0 Å². The van der Waals surface area contributed by atoms with Crippen LogP contribution in [0.15, 0.2) is 12.3 Å². The van der Waals surface area contributed by atoms with Gasteiger partial charge < -0.3 is 17.2 Å². The molecule has 1 aromatic rings. The third kappa shape index (κ3) is 6.52. The lowest BCUT2D eigenvalue weighted by Gasteiger charge is -2.12. The predicted octanol–water partition coefficient (Wildman–Crippen LogP) is 1.01. The van der Waals surface area contributed by atoms with Crippen molar-refractivity contribution in [3.05, 3.63) is 29.1 Å². The van der Waals surface area contributed by atoms with Gasteiger partial charge >= 0.3 is 0 Å². The molecule has 0 atom stereocenters. The molecule has 104 valence electrons.